The summed E-state index contributed by atoms with van der Waals surface area (Å²) in [6, 6.07) is 12.9. The van der Waals surface area contributed by atoms with Gasteiger partial charge in [0.15, 0.2) is 0 Å². The predicted molar refractivity (Wildman–Crippen MR) is 86.9 cm³/mol. The maximum atomic E-state index is 9.91. The van der Waals surface area contributed by atoms with Crippen molar-refractivity contribution < 1.29 is 10.2 Å². The van der Waals surface area contributed by atoms with Gasteiger partial charge in [0.25, 0.3) is 0 Å². The van der Waals surface area contributed by atoms with Gasteiger partial charge in [-0.05, 0) is 67.4 Å². The molecule has 1 heterocycles. The van der Waals surface area contributed by atoms with Crippen LogP contribution in [0.15, 0.2) is 42.5 Å². The van der Waals surface area contributed by atoms with Crippen LogP contribution in [-0.4, -0.2) is 20.0 Å². The molecule has 1 aromatic heterocycles. The Hall–Kier alpha value is -2.75. The molecule has 3 aromatic rings. The molecule has 0 aliphatic rings. The first-order valence-electron chi connectivity index (χ1n) is 7.10. The van der Waals surface area contributed by atoms with Gasteiger partial charge in [-0.25, -0.2) is 0 Å². The lowest BCUT2D eigenvalue weighted by atomic mass is 10.0. The van der Waals surface area contributed by atoms with Crippen LogP contribution >= 0.6 is 0 Å². The zero-order valence-electron chi connectivity index (χ0n) is 12.8. The van der Waals surface area contributed by atoms with Gasteiger partial charge in [-0.2, -0.15) is 5.10 Å². The van der Waals surface area contributed by atoms with Gasteiger partial charge in [0.1, 0.15) is 11.5 Å². The maximum absolute atomic E-state index is 9.91. The molecular formula is C18H18N2O2. The molecule has 0 aliphatic carbocycles. The van der Waals surface area contributed by atoms with E-state index in [4.69, 9.17) is 0 Å². The monoisotopic (exact) mass is 294 g/mol. The third kappa shape index (κ3) is 2.44. The molecule has 0 aliphatic heterocycles. The van der Waals surface area contributed by atoms with Crippen molar-refractivity contribution in [1.29, 1.82) is 0 Å². The molecular weight excluding hydrogens is 276 g/mol. The van der Waals surface area contributed by atoms with Crippen LogP contribution in [0.4, 0.5) is 0 Å². The van der Waals surface area contributed by atoms with Crippen LogP contribution in [0.2, 0.25) is 0 Å². The van der Waals surface area contributed by atoms with Crippen molar-refractivity contribution in [3.05, 3.63) is 53.6 Å². The summed E-state index contributed by atoms with van der Waals surface area (Å²) in [5, 5.41) is 23.8. The fraction of sp³-hybridized carbons (Fsp3) is 0.167. The second-order valence-corrected chi connectivity index (χ2v) is 5.54. The van der Waals surface area contributed by atoms with Crippen molar-refractivity contribution in [3.8, 4) is 34.0 Å². The maximum Gasteiger partial charge on any atom is 0.121 e. The first-order chi connectivity index (χ1) is 10.5. The molecule has 0 amide bonds. The fourth-order valence-electron chi connectivity index (χ4n) is 2.61. The molecule has 0 bridgehead atoms. The Kier molecular flexibility index (Phi) is 3.37. The number of rotatable bonds is 2. The average Bonchev–Trinajstić information content (AvgIpc) is 2.87. The second kappa shape index (κ2) is 5.22. The molecule has 0 radical (unpaired) electrons. The summed E-state index contributed by atoms with van der Waals surface area (Å²) in [6.07, 6.45) is 0. The molecule has 4 nitrogen and oxygen atoms in total. The quantitative estimate of drug-likeness (QED) is 0.756. The number of phenolic OH excluding ortho intramolecular Hbond substituents is 2. The van der Waals surface area contributed by atoms with E-state index in [2.05, 4.69) is 5.10 Å². The SMILES string of the molecule is Cc1cc(-c2cc(-c3ccc(O)cc3)nn2C)cc(C)c1O. The highest BCUT2D eigenvalue weighted by Crippen LogP contribution is 2.31. The lowest BCUT2D eigenvalue weighted by Crippen LogP contribution is -1.95. The zero-order chi connectivity index (χ0) is 15.9. The Morgan fingerprint density at radius 3 is 2.05 bits per heavy atom. The van der Waals surface area contributed by atoms with Gasteiger partial charge in [0.2, 0.25) is 0 Å². The van der Waals surface area contributed by atoms with E-state index in [1.807, 2.05) is 55.9 Å². The number of hydrogen-bond acceptors (Lipinski definition) is 3. The van der Waals surface area contributed by atoms with Crippen LogP contribution in [0, 0.1) is 13.8 Å². The molecule has 112 valence electrons. The van der Waals surface area contributed by atoms with Crippen LogP contribution in [-0.2, 0) is 7.05 Å². The van der Waals surface area contributed by atoms with Gasteiger partial charge in [-0.3, -0.25) is 4.68 Å². The first-order valence-corrected chi connectivity index (χ1v) is 7.10. The number of aromatic nitrogens is 2. The first kappa shape index (κ1) is 14.2. The van der Waals surface area contributed by atoms with Gasteiger partial charge in [-0.15, -0.1) is 0 Å². The van der Waals surface area contributed by atoms with E-state index in [1.165, 1.54) is 0 Å². The largest absolute Gasteiger partial charge is 0.508 e. The van der Waals surface area contributed by atoms with Crippen LogP contribution in [0.3, 0.4) is 0 Å². The molecule has 2 aromatic carbocycles. The topological polar surface area (TPSA) is 58.3 Å². The van der Waals surface area contributed by atoms with Crippen LogP contribution in [0.5, 0.6) is 11.5 Å². The summed E-state index contributed by atoms with van der Waals surface area (Å²) in [5.41, 5.74) is 5.50. The average molecular weight is 294 g/mol. The van der Waals surface area contributed by atoms with Crippen LogP contribution < -0.4 is 0 Å². The normalized spacial score (nSPS) is 10.9. The summed E-state index contributed by atoms with van der Waals surface area (Å²) in [5.74, 6) is 0.578. The molecule has 2 N–H and O–H groups in total. The van der Waals surface area contributed by atoms with Crippen molar-refractivity contribution in [2.75, 3.05) is 0 Å². The molecule has 0 fully saturated rings. The smallest absolute Gasteiger partial charge is 0.121 e. The van der Waals surface area contributed by atoms with Crippen molar-refractivity contribution in [2.45, 2.75) is 13.8 Å². The van der Waals surface area contributed by atoms with Gasteiger partial charge in [0, 0.05) is 18.2 Å². The summed E-state index contributed by atoms with van der Waals surface area (Å²) < 4.78 is 1.83. The third-order valence-corrected chi connectivity index (χ3v) is 3.83. The number of aryl methyl sites for hydroxylation is 3. The molecule has 0 unspecified atom stereocenters. The minimum Gasteiger partial charge on any atom is -0.508 e. The van der Waals surface area contributed by atoms with E-state index in [1.54, 1.807) is 12.1 Å². The lowest BCUT2D eigenvalue weighted by Gasteiger charge is -2.08. The van der Waals surface area contributed by atoms with Crippen molar-refractivity contribution in [3.63, 3.8) is 0 Å². The number of nitrogens with zero attached hydrogens (tertiary/aromatic N) is 2. The number of aromatic hydroxyl groups is 2. The Morgan fingerprint density at radius 1 is 0.864 bits per heavy atom. The predicted octanol–water partition coefficient (Wildman–Crippen LogP) is 3.78. The molecule has 0 atom stereocenters. The third-order valence-electron chi connectivity index (χ3n) is 3.83. The standard InChI is InChI=1S/C18H18N2O2/c1-11-8-14(9-12(2)18(11)22)17-10-16(19-20(17)3)13-4-6-15(21)7-5-13/h4-10,21-22H,1-3H3. The minimum atomic E-state index is 0.240. The summed E-state index contributed by atoms with van der Waals surface area (Å²) in [7, 11) is 1.90. The van der Waals surface area contributed by atoms with E-state index in [9.17, 15) is 10.2 Å². The number of hydrogen-bond donors (Lipinski definition) is 2. The molecule has 3 rings (SSSR count). The lowest BCUT2D eigenvalue weighted by molar-refractivity contribution is 0.467. The Bertz CT molecular complexity index is 810. The van der Waals surface area contributed by atoms with Crippen LogP contribution in [0.1, 0.15) is 11.1 Å². The molecule has 0 saturated heterocycles. The van der Waals surface area contributed by atoms with Crippen molar-refractivity contribution in [2.24, 2.45) is 7.05 Å². The molecule has 4 heteroatoms. The van der Waals surface area contributed by atoms with Gasteiger partial charge in [-0.1, -0.05) is 0 Å². The van der Waals surface area contributed by atoms with Crippen LogP contribution in [0.25, 0.3) is 22.5 Å². The van der Waals surface area contributed by atoms with E-state index in [0.29, 0.717) is 5.75 Å². The highest BCUT2D eigenvalue weighted by Gasteiger charge is 2.12. The van der Waals surface area contributed by atoms with Gasteiger partial charge < -0.3 is 10.2 Å². The van der Waals surface area contributed by atoms with Gasteiger partial charge >= 0.3 is 0 Å². The van der Waals surface area contributed by atoms with E-state index < -0.39 is 0 Å². The minimum absolute atomic E-state index is 0.240. The molecule has 22 heavy (non-hydrogen) atoms. The highest BCUT2D eigenvalue weighted by atomic mass is 16.3. The fourth-order valence-corrected chi connectivity index (χ4v) is 2.61. The zero-order valence-corrected chi connectivity index (χ0v) is 12.8. The highest BCUT2D eigenvalue weighted by molar-refractivity contribution is 5.70. The summed E-state index contributed by atoms with van der Waals surface area (Å²) >= 11 is 0. The van der Waals surface area contributed by atoms with Gasteiger partial charge in [0.05, 0.1) is 11.4 Å². The number of benzene rings is 2. The van der Waals surface area contributed by atoms with E-state index >= 15 is 0 Å². The number of phenols is 2. The van der Waals surface area contributed by atoms with Crippen molar-refractivity contribution >= 4 is 0 Å². The Balaban J connectivity index is 2.08. The summed E-state index contributed by atoms with van der Waals surface area (Å²) in [6.45, 7) is 3.78. The second-order valence-electron chi connectivity index (χ2n) is 5.54. The van der Waals surface area contributed by atoms with E-state index in [-0.39, 0.29) is 5.75 Å². The Morgan fingerprint density at radius 2 is 1.45 bits per heavy atom. The van der Waals surface area contributed by atoms with Crippen molar-refractivity contribution in [1.82, 2.24) is 9.78 Å². The van der Waals surface area contributed by atoms with E-state index in [0.717, 1.165) is 33.6 Å². The summed E-state index contributed by atoms with van der Waals surface area (Å²) in [4.78, 5) is 0. The molecule has 0 saturated carbocycles. The Labute approximate surface area is 129 Å². The molecule has 0 spiro atoms.